The van der Waals surface area contributed by atoms with E-state index in [0.717, 1.165) is 12.1 Å². The highest BCUT2D eigenvalue weighted by molar-refractivity contribution is 6.29. The fourth-order valence-electron chi connectivity index (χ4n) is 0.853. The lowest BCUT2D eigenvalue weighted by atomic mass is 10.3. The Morgan fingerprint density at radius 1 is 1.54 bits per heavy atom. The molecule has 0 amide bonds. The van der Waals surface area contributed by atoms with E-state index in [0.29, 0.717) is 16.7 Å². The van der Waals surface area contributed by atoms with Crippen LogP contribution < -0.4 is 5.32 Å². The lowest BCUT2D eigenvalue weighted by Gasteiger charge is -2.02. The average Bonchev–Trinajstić information content (AvgIpc) is 2.08. The normalized spacial score (nSPS) is 10.0. The molecule has 13 heavy (non-hydrogen) atoms. The predicted molar refractivity (Wildman–Crippen MR) is 55.9 cm³/mol. The lowest BCUT2D eigenvalue weighted by molar-refractivity contribution is 0.752. The van der Waals surface area contributed by atoms with Gasteiger partial charge in [0.1, 0.15) is 5.15 Å². The van der Waals surface area contributed by atoms with Crippen LogP contribution in [0.15, 0.2) is 29.9 Å². The summed E-state index contributed by atoms with van der Waals surface area (Å²) in [6.45, 7) is 4.89. The van der Waals surface area contributed by atoms with Crippen molar-refractivity contribution in [3.8, 4) is 0 Å². The van der Waals surface area contributed by atoms with E-state index in [1.54, 1.807) is 12.3 Å². The summed E-state index contributed by atoms with van der Waals surface area (Å²) in [5, 5.41) is 4.21. The molecule has 1 heterocycles. The summed E-state index contributed by atoms with van der Waals surface area (Å²) in [7, 11) is 0. The molecular weight excluding hydrogens is 207 g/mol. The van der Waals surface area contributed by atoms with Crippen molar-refractivity contribution in [2.24, 2.45) is 0 Å². The van der Waals surface area contributed by atoms with Gasteiger partial charge in [-0.3, -0.25) is 0 Å². The van der Waals surface area contributed by atoms with Gasteiger partial charge in [0.05, 0.1) is 0 Å². The molecule has 0 fully saturated rings. The van der Waals surface area contributed by atoms with E-state index in [9.17, 15) is 0 Å². The van der Waals surface area contributed by atoms with Crippen molar-refractivity contribution in [1.82, 2.24) is 10.3 Å². The maximum Gasteiger partial charge on any atom is 0.129 e. The van der Waals surface area contributed by atoms with Gasteiger partial charge in [-0.1, -0.05) is 35.8 Å². The molecule has 0 spiro atoms. The minimum absolute atomic E-state index is 0.505. The maximum absolute atomic E-state index is 5.63. The first-order valence-electron chi connectivity index (χ1n) is 3.83. The zero-order chi connectivity index (χ0) is 9.68. The van der Waals surface area contributed by atoms with Crippen molar-refractivity contribution in [2.45, 2.75) is 6.54 Å². The van der Waals surface area contributed by atoms with Gasteiger partial charge in [-0.15, -0.1) is 0 Å². The summed E-state index contributed by atoms with van der Waals surface area (Å²) < 4.78 is 0. The SMILES string of the molecule is C=C(Cl)CNCc1ccc(Cl)nc1. The van der Waals surface area contributed by atoms with Crippen LogP contribution in [0.1, 0.15) is 5.56 Å². The number of aromatic nitrogens is 1. The van der Waals surface area contributed by atoms with Crippen LogP contribution in [-0.4, -0.2) is 11.5 Å². The third-order valence-electron chi connectivity index (χ3n) is 1.43. The molecule has 0 saturated carbocycles. The van der Waals surface area contributed by atoms with Crippen LogP contribution in [0.5, 0.6) is 0 Å². The van der Waals surface area contributed by atoms with Crippen molar-refractivity contribution in [3.05, 3.63) is 40.7 Å². The monoisotopic (exact) mass is 216 g/mol. The number of rotatable bonds is 4. The molecule has 0 radical (unpaired) electrons. The molecule has 0 aliphatic carbocycles. The van der Waals surface area contributed by atoms with E-state index < -0.39 is 0 Å². The summed E-state index contributed by atoms with van der Waals surface area (Å²) >= 11 is 11.2. The van der Waals surface area contributed by atoms with Crippen LogP contribution in [0.3, 0.4) is 0 Å². The molecule has 2 nitrogen and oxygen atoms in total. The molecule has 0 saturated heterocycles. The van der Waals surface area contributed by atoms with Crippen molar-refractivity contribution in [2.75, 3.05) is 6.54 Å². The molecule has 4 heteroatoms. The van der Waals surface area contributed by atoms with Gasteiger partial charge >= 0.3 is 0 Å². The third-order valence-corrected chi connectivity index (χ3v) is 1.79. The second kappa shape index (κ2) is 5.22. The molecule has 0 aliphatic rings. The largest absolute Gasteiger partial charge is 0.308 e. The molecule has 0 bridgehead atoms. The number of hydrogen-bond acceptors (Lipinski definition) is 2. The molecule has 1 aromatic heterocycles. The van der Waals surface area contributed by atoms with Gasteiger partial charge in [0.2, 0.25) is 0 Å². The van der Waals surface area contributed by atoms with Crippen LogP contribution >= 0.6 is 23.2 Å². The summed E-state index contributed by atoms with van der Waals surface area (Å²) in [6.07, 6.45) is 1.73. The Morgan fingerprint density at radius 2 is 2.31 bits per heavy atom. The minimum Gasteiger partial charge on any atom is -0.308 e. The molecule has 0 unspecified atom stereocenters. The first-order valence-corrected chi connectivity index (χ1v) is 4.58. The van der Waals surface area contributed by atoms with E-state index in [1.165, 1.54) is 0 Å². The van der Waals surface area contributed by atoms with Crippen molar-refractivity contribution in [3.63, 3.8) is 0 Å². The standard InChI is InChI=1S/C9H10Cl2N2/c1-7(10)4-12-5-8-2-3-9(11)13-6-8/h2-3,6,12H,1,4-5H2. The van der Waals surface area contributed by atoms with E-state index in [4.69, 9.17) is 23.2 Å². The molecule has 70 valence electrons. The lowest BCUT2D eigenvalue weighted by Crippen LogP contribution is -2.14. The smallest absolute Gasteiger partial charge is 0.129 e. The van der Waals surface area contributed by atoms with Gasteiger partial charge in [0.25, 0.3) is 0 Å². The Balaban J connectivity index is 2.37. The van der Waals surface area contributed by atoms with Gasteiger partial charge in [-0.05, 0) is 11.6 Å². The first kappa shape index (κ1) is 10.5. The van der Waals surface area contributed by atoms with Gasteiger partial charge in [0, 0.05) is 24.3 Å². The van der Waals surface area contributed by atoms with Crippen LogP contribution in [0, 0.1) is 0 Å². The Bertz CT molecular complexity index is 282. The van der Waals surface area contributed by atoms with Crippen LogP contribution in [0.2, 0.25) is 5.15 Å². The third kappa shape index (κ3) is 4.27. The highest BCUT2D eigenvalue weighted by atomic mass is 35.5. The highest BCUT2D eigenvalue weighted by Crippen LogP contribution is 2.04. The van der Waals surface area contributed by atoms with Crippen molar-refractivity contribution < 1.29 is 0 Å². The summed E-state index contributed by atoms with van der Waals surface area (Å²) in [5.74, 6) is 0. The molecule has 1 rings (SSSR count). The summed E-state index contributed by atoms with van der Waals surface area (Å²) in [6, 6.07) is 3.67. The number of nitrogens with zero attached hydrogens (tertiary/aromatic N) is 1. The minimum atomic E-state index is 0.505. The van der Waals surface area contributed by atoms with Crippen molar-refractivity contribution in [1.29, 1.82) is 0 Å². The van der Waals surface area contributed by atoms with Gasteiger partial charge in [-0.25, -0.2) is 4.98 Å². The van der Waals surface area contributed by atoms with Gasteiger partial charge in [0.15, 0.2) is 0 Å². The molecule has 1 N–H and O–H groups in total. The number of pyridine rings is 1. The molecular formula is C9H10Cl2N2. The van der Waals surface area contributed by atoms with E-state index in [2.05, 4.69) is 16.9 Å². The topological polar surface area (TPSA) is 24.9 Å². The van der Waals surface area contributed by atoms with E-state index in [-0.39, 0.29) is 0 Å². The van der Waals surface area contributed by atoms with Crippen LogP contribution in [-0.2, 0) is 6.54 Å². The Kier molecular flexibility index (Phi) is 4.22. The van der Waals surface area contributed by atoms with Gasteiger partial charge < -0.3 is 5.32 Å². The maximum atomic E-state index is 5.63. The van der Waals surface area contributed by atoms with Crippen LogP contribution in [0.25, 0.3) is 0 Å². The first-order chi connectivity index (χ1) is 6.18. The quantitative estimate of drug-likeness (QED) is 0.784. The number of nitrogens with one attached hydrogen (secondary N) is 1. The predicted octanol–water partition coefficient (Wildman–Crippen LogP) is 2.58. The summed E-state index contributed by atoms with van der Waals surface area (Å²) in [4.78, 5) is 3.95. The molecule has 0 aromatic carbocycles. The second-order valence-corrected chi connectivity index (χ2v) is 3.53. The highest BCUT2D eigenvalue weighted by Gasteiger charge is 1.93. The summed E-state index contributed by atoms with van der Waals surface area (Å²) in [5.41, 5.74) is 1.07. The molecule has 0 atom stereocenters. The fourth-order valence-corrected chi connectivity index (χ4v) is 1.06. The second-order valence-electron chi connectivity index (χ2n) is 2.61. The molecule has 1 aromatic rings. The fraction of sp³-hybridized carbons (Fsp3) is 0.222. The Morgan fingerprint density at radius 3 is 2.85 bits per heavy atom. The van der Waals surface area contributed by atoms with Crippen molar-refractivity contribution >= 4 is 23.2 Å². The number of hydrogen-bond donors (Lipinski definition) is 1. The van der Waals surface area contributed by atoms with E-state index >= 15 is 0 Å². The molecule has 0 aliphatic heterocycles. The van der Waals surface area contributed by atoms with Gasteiger partial charge in [-0.2, -0.15) is 0 Å². The Hall–Kier alpha value is -0.570. The zero-order valence-corrected chi connectivity index (χ0v) is 8.57. The Labute approximate surface area is 87.6 Å². The average molecular weight is 217 g/mol. The number of halogens is 2. The van der Waals surface area contributed by atoms with E-state index in [1.807, 2.05) is 6.07 Å². The van der Waals surface area contributed by atoms with Crippen LogP contribution in [0.4, 0.5) is 0 Å². The zero-order valence-electron chi connectivity index (χ0n) is 7.06.